The largest absolute Gasteiger partial charge is 0.497 e. The highest BCUT2D eigenvalue weighted by atomic mass is 16.5. The second-order valence-corrected chi connectivity index (χ2v) is 6.20. The first kappa shape index (κ1) is 16.3. The van der Waals surface area contributed by atoms with Crippen LogP contribution in [0.4, 0.5) is 0 Å². The molecule has 0 amide bonds. The zero-order valence-corrected chi connectivity index (χ0v) is 14.8. The monoisotopic (exact) mass is 348 g/mol. The van der Waals surface area contributed by atoms with Crippen LogP contribution in [0.15, 0.2) is 46.9 Å². The third-order valence-electron chi connectivity index (χ3n) is 4.40. The van der Waals surface area contributed by atoms with Crippen molar-refractivity contribution in [2.24, 2.45) is 0 Å². The second-order valence-electron chi connectivity index (χ2n) is 6.20. The van der Waals surface area contributed by atoms with Gasteiger partial charge in [0.1, 0.15) is 5.75 Å². The van der Waals surface area contributed by atoms with Gasteiger partial charge in [-0.25, -0.2) is 0 Å². The minimum atomic E-state index is 0.588. The molecule has 0 bridgehead atoms. The molecule has 0 spiro atoms. The standard InChI is InChI=1S/C20H20N4O2/c1-3-17-16-10-14(7-8-18(16)22-21-17)12-20-24-23-19(26-20)11-13-5-4-6-15(9-13)25-2/h4-10H,3,11-12H2,1-2H3,(H,21,22). The lowest BCUT2D eigenvalue weighted by molar-refractivity contribution is 0.414. The van der Waals surface area contributed by atoms with E-state index in [0.717, 1.165) is 39.9 Å². The number of hydrogen-bond donors (Lipinski definition) is 1. The lowest BCUT2D eigenvalue weighted by Gasteiger charge is -2.01. The Kier molecular flexibility index (Phi) is 4.39. The van der Waals surface area contributed by atoms with E-state index in [0.29, 0.717) is 24.6 Å². The van der Waals surface area contributed by atoms with Gasteiger partial charge in [0.15, 0.2) is 0 Å². The van der Waals surface area contributed by atoms with Gasteiger partial charge in [-0.15, -0.1) is 10.2 Å². The van der Waals surface area contributed by atoms with Gasteiger partial charge >= 0.3 is 0 Å². The third-order valence-corrected chi connectivity index (χ3v) is 4.40. The first-order valence-corrected chi connectivity index (χ1v) is 8.65. The number of nitrogens with zero attached hydrogens (tertiary/aromatic N) is 3. The summed E-state index contributed by atoms with van der Waals surface area (Å²) in [5.74, 6) is 2.04. The average Bonchev–Trinajstić information content (AvgIpc) is 3.28. The number of hydrogen-bond acceptors (Lipinski definition) is 5. The van der Waals surface area contributed by atoms with Crippen LogP contribution in [0.2, 0.25) is 0 Å². The van der Waals surface area contributed by atoms with Crippen molar-refractivity contribution in [1.29, 1.82) is 0 Å². The predicted octanol–water partition coefficient (Wildman–Crippen LogP) is 3.70. The zero-order chi connectivity index (χ0) is 17.9. The molecule has 1 N–H and O–H groups in total. The fourth-order valence-corrected chi connectivity index (χ4v) is 3.05. The van der Waals surface area contributed by atoms with Gasteiger partial charge in [-0.2, -0.15) is 5.10 Å². The molecule has 0 atom stereocenters. The Bertz CT molecular complexity index is 1040. The highest BCUT2D eigenvalue weighted by molar-refractivity contribution is 5.82. The van der Waals surface area contributed by atoms with E-state index in [1.165, 1.54) is 0 Å². The molecule has 4 aromatic rings. The van der Waals surface area contributed by atoms with Crippen molar-refractivity contribution < 1.29 is 9.15 Å². The maximum atomic E-state index is 5.83. The van der Waals surface area contributed by atoms with E-state index in [1.54, 1.807) is 7.11 Å². The highest BCUT2D eigenvalue weighted by Gasteiger charge is 2.10. The van der Waals surface area contributed by atoms with Crippen LogP contribution in [0, 0.1) is 0 Å². The number of benzene rings is 2. The van der Waals surface area contributed by atoms with Gasteiger partial charge < -0.3 is 9.15 Å². The summed E-state index contributed by atoms with van der Waals surface area (Å²) in [6, 6.07) is 14.1. The molecule has 4 rings (SSSR count). The molecule has 0 aliphatic rings. The van der Waals surface area contributed by atoms with E-state index in [9.17, 15) is 0 Å². The molecule has 6 nitrogen and oxygen atoms in total. The van der Waals surface area contributed by atoms with Gasteiger partial charge in [-0.1, -0.05) is 25.1 Å². The van der Waals surface area contributed by atoms with Crippen molar-refractivity contribution in [1.82, 2.24) is 20.4 Å². The van der Waals surface area contributed by atoms with Crippen molar-refractivity contribution in [3.63, 3.8) is 0 Å². The zero-order valence-electron chi connectivity index (χ0n) is 14.8. The SMILES string of the molecule is CCc1[nH]nc2ccc(Cc3nnc(Cc4cccc(OC)c4)o3)cc12. The van der Waals surface area contributed by atoms with E-state index >= 15 is 0 Å². The minimum absolute atomic E-state index is 0.588. The molecule has 2 aromatic carbocycles. The average molecular weight is 348 g/mol. The van der Waals surface area contributed by atoms with Crippen LogP contribution in [-0.2, 0) is 19.3 Å². The maximum Gasteiger partial charge on any atom is 0.220 e. The predicted molar refractivity (Wildman–Crippen MR) is 98.4 cm³/mol. The van der Waals surface area contributed by atoms with Crippen LogP contribution in [0.25, 0.3) is 10.9 Å². The van der Waals surface area contributed by atoms with Gasteiger partial charge in [-0.3, -0.25) is 5.10 Å². The van der Waals surface area contributed by atoms with Gasteiger partial charge in [-0.05, 0) is 41.8 Å². The molecule has 6 heteroatoms. The number of methoxy groups -OCH3 is 1. The van der Waals surface area contributed by atoms with Gasteiger partial charge in [0.2, 0.25) is 11.8 Å². The van der Waals surface area contributed by atoms with E-state index in [2.05, 4.69) is 39.5 Å². The van der Waals surface area contributed by atoms with E-state index < -0.39 is 0 Å². The Labute approximate surface area is 151 Å². The Balaban J connectivity index is 1.51. The summed E-state index contributed by atoms with van der Waals surface area (Å²) in [7, 11) is 1.66. The number of nitrogens with one attached hydrogen (secondary N) is 1. The topological polar surface area (TPSA) is 76.8 Å². The number of aryl methyl sites for hydroxylation is 1. The maximum absolute atomic E-state index is 5.83. The number of aromatic nitrogens is 4. The lowest BCUT2D eigenvalue weighted by atomic mass is 10.1. The summed E-state index contributed by atoms with van der Waals surface area (Å²) in [6.07, 6.45) is 2.12. The Morgan fingerprint density at radius 3 is 2.50 bits per heavy atom. The van der Waals surface area contributed by atoms with Crippen LogP contribution in [0.5, 0.6) is 5.75 Å². The second kappa shape index (κ2) is 7.00. The summed E-state index contributed by atoms with van der Waals surface area (Å²) < 4.78 is 11.1. The highest BCUT2D eigenvalue weighted by Crippen LogP contribution is 2.20. The van der Waals surface area contributed by atoms with E-state index in [-0.39, 0.29) is 0 Å². The first-order chi connectivity index (χ1) is 12.7. The molecule has 132 valence electrons. The van der Waals surface area contributed by atoms with Crippen molar-refractivity contribution >= 4 is 10.9 Å². The van der Waals surface area contributed by atoms with Crippen LogP contribution in [0.3, 0.4) is 0 Å². The quantitative estimate of drug-likeness (QED) is 0.575. The molecule has 0 saturated heterocycles. The molecule has 0 aliphatic carbocycles. The lowest BCUT2D eigenvalue weighted by Crippen LogP contribution is -1.90. The van der Waals surface area contributed by atoms with Crippen LogP contribution in [-0.4, -0.2) is 27.5 Å². The molecule has 2 aromatic heterocycles. The normalized spacial score (nSPS) is 11.2. The van der Waals surface area contributed by atoms with Crippen LogP contribution < -0.4 is 4.74 Å². The molecule has 0 unspecified atom stereocenters. The summed E-state index contributed by atoms with van der Waals surface area (Å²) in [4.78, 5) is 0. The minimum Gasteiger partial charge on any atom is -0.497 e. The fourth-order valence-electron chi connectivity index (χ4n) is 3.05. The molecule has 0 aliphatic heterocycles. The summed E-state index contributed by atoms with van der Waals surface area (Å²) in [6.45, 7) is 2.11. The molecule has 0 fully saturated rings. The molecular formula is C20H20N4O2. The number of ether oxygens (including phenoxy) is 1. The van der Waals surface area contributed by atoms with Crippen molar-refractivity contribution in [3.8, 4) is 5.75 Å². The Morgan fingerprint density at radius 2 is 1.77 bits per heavy atom. The van der Waals surface area contributed by atoms with E-state index in [4.69, 9.17) is 9.15 Å². The number of fused-ring (bicyclic) bond motifs is 1. The molecule has 0 radical (unpaired) electrons. The van der Waals surface area contributed by atoms with Gasteiger partial charge in [0.05, 0.1) is 25.5 Å². The van der Waals surface area contributed by atoms with Crippen LogP contribution >= 0.6 is 0 Å². The molecule has 26 heavy (non-hydrogen) atoms. The number of aromatic amines is 1. The Morgan fingerprint density at radius 1 is 1.00 bits per heavy atom. The summed E-state index contributed by atoms with van der Waals surface area (Å²) in [5.41, 5.74) is 4.33. The third kappa shape index (κ3) is 3.31. The first-order valence-electron chi connectivity index (χ1n) is 8.65. The molecular weight excluding hydrogens is 328 g/mol. The molecule has 0 saturated carbocycles. The van der Waals surface area contributed by atoms with Gasteiger partial charge in [0.25, 0.3) is 0 Å². The smallest absolute Gasteiger partial charge is 0.220 e. The van der Waals surface area contributed by atoms with Crippen molar-refractivity contribution in [2.45, 2.75) is 26.2 Å². The Hall–Kier alpha value is -3.15. The summed E-state index contributed by atoms with van der Waals surface area (Å²) in [5, 5.41) is 16.9. The van der Waals surface area contributed by atoms with E-state index in [1.807, 2.05) is 30.3 Å². The fraction of sp³-hybridized carbons (Fsp3) is 0.250. The summed E-state index contributed by atoms with van der Waals surface area (Å²) >= 11 is 0. The molecule has 2 heterocycles. The number of H-pyrrole nitrogens is 1. The number of rotatable bonds is 6. The van der Waals surface area contributed by atoms with Crippen molar-refractivity contribution in [3.05, 3.63) is 71.1 Å². The van der Waals surface area contributed by atoms with Crippen molar-refractivity contribution in [2.75, 3.05) is 7.11 Å². The van der Waals surface area contributed by atoms with Gasteiger partial charge in [0, 0.05) is 11.1 Å². The van der Waals surface area contributed by atoms with Crippen LogP contribution in [0.1, 0.15) is 35.5 Å².